The number of benzene rings is 4. The summed E-state index contributed by atoms with van der Waals surface area (Å²) >= 11 is 0. The molecule has 1 aromatic heterocycles. The highest BCUT2D eigenvalue weighted by atomic mass is 32.2. The van der Waals surface area contributed by atoms with Gasteiger partial charge in [0, 0.05) is 38.6 Å². The molecule has 0 fully saturated rings. The Balaban J connectivity index is 1.28. The van der Waals surface area contributed by atoms with Crippen molar-refractivity contribution < 1.29 is 28.1 Å². The van der Waals surface area contributed by atoms with E-state index in [0.717, 1.165) is 49.8 Å². The molecule has 0 aliphatic carbocycles. The monoisotopic (exact) mass is 554 g/mol. The topological polar surface area (TPSA) is 93.8 Å². The van der Waals surface area contributed by atoms with Crippen molar-refractivity contribution in [3.8, 4) is 22.3 Å². The predicted molar refractivity (Wildman–Crippen MR) is 158 cm³/mol. The number of rotatable bonds is 8. The number of hydrogen-bond acceptors (Lipinski definition) is 5. The van der Waals surface area contributed by atoms with Gasteiger partial charge in [0.2, 0.25) is 0 Å². The third-order valence-electron chi connectivity index (χ3n) is 6.56. The number of aliphatic carboxylic acids is 1. The van der Waals surface area contributed by atoms with Gasteiger partial charge in [-0.3, -0.25) is 13.8 Å². The SMILES string of the molecule is CC(C)(C)OC(=O)[C@H](CS(=O)Cc1ccc(-c2ccc(-c3cccc4c3oc3ccccc34)cc2)cc1)C(=O)O. The number of hydrogen-bond donors (Lipinski definition) is 1. The predicted octanol–water partition coefficient (Wildman–Crippen LogP) is 7.21. The second-order valence-electron chi connectivity index (χ2n) is 10.7. The van der Waals surface area contributed by atoms with Gasteiger partial charge in [0.1, 0.15) is 16.8 Å². The Morgan fingerprint density at radius 2 is 1.43 bits per heavy atom. The van der Waals surface area contributed by atoms with Gasteiger partial charge >= 0.3 is 11.9 Å². The first kappa shape index (κ1) is 27.3. The highest BCUT2D eigenvalue weighted by Crippen LogP contribution is 2.36. The van der Waals surface area contributed by atoms with Crippen LogP contribution in [0.2, 0.25) is 0 Å². The lowest BCUT2D eigenvalue weighted by atomic mass is 9.98. The molecule has 0 saturated carbocycles. The largest absolute Gasteiger partial charge is 0.481 e. The van der Waals surface area contributed by atoms with Crippen LogP contribution in [0, 0.1) is 5.92 Å². The Hall–Kier alpha value is -4.23. The first-order valence-corrected chi connectivity index (χ1v) is 14.5. The van der Waals surface area contributed by atoms with Crippen LogP contribution in [0.15, 0.2) is 95.4 Å². The summed E-state index contributed by atoms with van der Waals surface area (Å²) in [5, 5.41) is 11.6. The molecule has 7 heteroatoms. The van der Waals surface area contributed by atoms with Crippen molar-refractivity contribution in [1.29, 1.82) is 0 Å². The van der Waals surface area contributed by atoms with Gasteiger partial charge in [0.25, 0.3) is 0 Å². The maximum atomic E-state index is 12.7. The van der Waals surface area contributed by atoms with E-state index in [1.807, 2.05) is 48.5 Å². The summed E-state index contributed by atoms with van der Waals surface area (Å²) < 4.78 is 24.1. The minimum absolute atomic E-state index is 0.146. The fourth-order valence-electron chi connectivity index (χ4n) is 4.65. The molecule has 0 saturated heterocycles. The van der Waals surface area contributed by atoms with E-state index in [9.17, 15) is 18.9 Å². The average Bonchev–Trinajstić information content (AvgIpc) is 3.30. The number of ether oxygens (including phenoxy) is 1. The van der Waals surface area contributed by atoms with Crippen LogP contribution in [0.5, 0.6) is 0 Å². The molecule has 0 aliphatic rings. The van der Waals surface area contributed by atoms with Crippen molar-refractivity contribution in [3.05, 3.63) is 96.6 Å². The van der Waals surface area contributed by atoms with E-state index in [-0.39, 0.29) is 11.5 Å². The van der Waals surface area contributed by atoms with E-state index in [1.54, 1.807) is 20.8 Å². The summed E-state index contributed by atoms with van der Waals surface area (Å²) in [6.45, 7) is 4.99. The van der Waals surface area contributed by atoms with Crippen LogP contribution in [0.3, 0.4) is 0 Å². The summed E-state index contributed by atoms with van der Waals surface area (Å²) in [4.78, 5) is 23.9. The van der Waals surface area contributed by atoms with Crippen molar-refractivity contribution in [3.63, 3.8) is 0 Å². The van der Waals surface area contributed by atoms with E-state index in [1.165, 1.54) is 0 Å². The number of esters is 1. The van der Waals surface area contributed by atoms with E-state index >= 15 is 0 Å². The molecule has 1 unspecified atom stereocenters. The first-order valence-electron chi connectivity index (χ1n) is 13.0. The zero-order chi connectivity index (χ0) is 28.4. The number of fused-ring (bicyclic) bond motifs is 3. The Bertz CT molecular complexity index is 1710. The van der Waals surface area contributed by atoms with Gasteiger partial charge < -0.3 is 14.3 Å². The lowest BCUT2D eigenvalue weighted by Crippen LogP contribution is -2.35. The van der Waals surface area contributed by atoms with E-state index in [4.69, 9.17) is 9.15 Å². The van der Waals surface area contributed by atoms with Crippen molar-refractivity contribution in [2.45, 2.75) is 32.1 Å². The molecular formula is C33H30O6S. The fraction of sp³-hybridized carbons (Fsp3) is 0.212. The molecule has 0 radical (unpaired) electrons. The van der Waals surface area contributed by atoms with Gasteiger partial charge in [0.15, 0.2) is 5.92 Å². The highest BCUT2D eigenvalue weighted by molar-refractivity contribution is 7.84. The van der Waals surface area contributed by atoms with Crippen LogP contribution in [0.1, 0.15) is 26.3 Å². The van der Waals surface area contributed by atoms with Crippen molar-refractivity contribution in [2.75, 3.05) is 5.75 Å². The first-order chi connectivity index (χ1) is 19.1. The van der Waals surface area contributed by atoms with Crippen LogP contribution in [-0.4, -0.2) is 32.6 Å². The second-order valence-corrected chi connectivity index (χ2v) is 12.2. The van der Waals surface area contributed by atoms with Crippen molar-refractivity contribution in [1.82, 2.24) is 0 Å². The lowest BCUT2D eigenvalue weighted by molar-refractivity contribution is -0.165. The van der Waals surface area contributed by atoms with Gasteiger partial charge in [-0.1, -0.05) is 84.9 Å². The van der Waals surface area contributed by atoms with Crippen LogP contribution < -0.4 is 0 Å². The maximum Gasteiger partial charge on any atom is 0.321 e. The number of carboxylic acids is 1. The lowest BCUT2D eigenvalue weighted by Gasteiger charge is -2.22. The van der Waals surface area contributed by atoms with E-state index in [2.05, 4.69) is 42.5 Å². The maximum absolute atomic E-state index is 12.7. The van der Waals surface area contributed by atoms with Crippen LogP contribution >= 0.6 is 0 Å². The third kappa shape index (κ3) is 6.00. The quantitative estimate of drug-likeness (QED) is 0.161. The molecule has 0 spiro atoms. The van der Waals surface area contributed by atoms with Crippen molar-refractivity contribution >= 4 is 44.7 Å². The van der Waals surface area contributed by atoms with Gasteiger partial charge in [-0.05, 0) is 49.1 Å². The molecule has 204 valence electrons. The average molecular weight is 555 g/mol. The summed E-state index contributed by atoms with van der Waals surface area (Å²) in [6, 6.07) is 30.1. The van der Waals surface area contributed by atoms with Gasteiger partial charge in [0.05, 0.1) is 0 Å². The minimum atomic E-state index is -1.55. The molecule has 40 heavy (non-hydrogen) atoms. The second kappa shape index (κ2) is 11.1. The molecule has 6 nitrogen and oxygen atoms in total. The molecular weight excluding hydrogens is 524 g/mol. The van der Waals surface area contributed by atoms with Crippen LogP contribution in [0.25, 0.3) is 44.2 Å². The molecule has 1 N–H and O–H groups in total. The Morgan fingerprint density at radius 3 is 2.08 bits per heavy atom. The summed E-state index contributed by atoms with van der Waals surface area (Å²) in [5.74, 6) is -3.83. The fourth-order valence-corrected chi connectivity index (χ4v) is 5.99. The van der Waals surface area contributed by atoms with Crippen LogP contribution in [0.4, 0.5) is 0 Å². The van der Waals surface area contributed by atoms with Crippen LogP contribution in [-0.2, 0) is 30.9 Å². The summed E-state index contributed by atoms with van der Waals surface area (Å²) in [7, 11) is -1.55. The third-order valence-corrected chi connectivity index (χ3v) is 7.92. The number of carbonyl (C=O) groups is 2. The molecule has 0 amide bonds. The van der Waals surface area contributed by atoms with Gasteiger partial charge in [-0.25, -0.2) is 0 Å². The Labute approximate surface area is 235 Å². The smallest absolute Gasteiger partial charge is 0.321 e. The van der Waals surface area contributed by atoms with Crippen molar-refractivity contribution in [2.24, 2.45) is 5.92 Å². The molecule has 4 aromatic carbocycles. The van der Waals surface area contributed by atoms with Gasteiger partial charge in [-0.2, -0.15) is 0 Å². The highest BCUT2D eigenvalue weighted by Gasteiger charge is 2.32. The summed E-state index contributed by atoms with van der Waals surface area (Å²) in [6.07, 6.45) is 0. The molecule has 5 aromatic rings. The molecule has 2 atom stereocenters. The molecule has 5 rings (SSSR count). The normalized spacial score (nSPS) is 13.3. The Morgan fingerprint density at radius 1 is 0.825 bits per heavy atom. The number of para-hydroxylation sites is 2. The summed E-state index contributed by atoms with van der Waals surface area (Å²) in [5.41, 5.74) is 5.83. The van der Waals surface area contributed by atoms with E-state index < -0.39 is 34.3 Å². The Kier molecular flexibility index (Phi) is 7.59. The zero-order valence-corrected chi connectivity index (χ0v) is 23.4. The van der Waals surface area contributed by atoms with E-state index in [0.29, 0.717) is 0 Å². The number of carbonyl (C=O) groups excluding carboxylic acids is 1. The molecule has 0 aliphatic heterocycles. The number of carboxylic acid groups (broad SMARTS) is 1. The molecule has 0 bridgehead atoms. The zero-order valence-electron chi connectivity index (χ0n) is 22.5. The molecule has 1 heterocycles. The standard InChI is InChI=1S/C33H30O6S/c1-33(2,3)39-32(36)28(31(34)35)20-40(37)19-21-11-13-22(14-12-21)23-15-17-24(18-16-23)25-8-6-9-27-26-7-4-5-10-29(26)38-30(25)27/h4-18,28H,19-20H2,1-3H3,(H,34,35)/t28-,40?/m1/s1. The minimum Gasteiger partial charge on any atom is -0.481 e. The number of furan rings is 1. The van der Waals surface area contributed by atoms with Gasteiger partial charge in [-0.15, -0.1) is 0 Å².